The molecule has 0 fully saturated rings. The number of allylic oxidation sites excluding steroid dienone is 1. The lowest BCUT2D eigenvalue weighted by atomic mass is 10.1. The van der Waals surface area contributed by atoms with Gasteiger partial charge in [-0.25, -0.2) is 0 Å². The Hall–Kier alpha value is -3.86. The van der Waals surface area contributed by atoms with Crippen molar-refractivity contribution in [3.63, 3.8) is 0 Å². The SMILES string of the molecule is COc1ccc(C(=O)COc2ccc3c(c2C)O/C(=C\c2ccc(C)cc2)C3=O)cc1. The zero-order chi connectivity index (χ0) is 22.0. The molecule has 0 spiro atoms. The van der Waals surface area contributed by atoms with Crippen LogP contribution in [0.3, 0.4) is 0 Å². The van der Waals surface area contributed by atoms with E-state index in [0.29, 0.717) is 33.9 Å². The number of hydrogen-bond donors (Lipinski definition) is 0. The Kier molecular flexibility index (Phi) is 5.58. The number of benzene rings is 3. The van der Waals surface area contributed by atoms with Crippen molar-refractivity contribution in [3.05, 3.63) is 94.2 Å². The molecule has 156 valence electrons. The second-order valence-electron chi connectivity index (χ2n) is 7.36. The van der Waals surface area contributed by atoms with Crippen LogP contribution in [0.1, 0.15) is 37.4 Å². The first-order chi connectivity index (χ1) is 15.0. The smallest absolute Gasteiger partial charge is 0.231 e. The molecule has 0 unspecified atom stereocenters. The molecule has 3 aromatic rings. The van der Waals surface area contributed by atoms with E-state index in [-0.39, 0.29) is 23.9 Å². The van der Waals surface area contributed by atoms with Crippen LogP contribution in [0.15, 0.2) is 66.4 Å². The second-order valence-corrected chi connectivity index (χ2v) is 7.36. The summed E-state index contributed by atoms with van der Waals surface area (Å²) < 4.78 is 16.7. The minimum Gasteiger partial charge on any atom is -0.497 e. The molecule has 0 amide bonds. The Bertz CT molecular complexity index is 1170. The van der Waals surface area contributed by atoms with E-state index in [1.165, 1.54) is 0 Å². The molecule has 0 aliphatic carbocycles. The van der Waals surface area contributed by atoms with E-state index in [2.05, 4.69) is 0 Å². The van der Waals surface area contributed by atoms with Crippen LogP contribution in [0.2, 0.25) is 0 Å². The lowest BCUT2D eigenvalue weighted by Gasteiger charge is -2.11. The number of fused-ring (bicyclic) bond motifs is 1. The number of rotatable bonds is 6. The Morgan fingerprint density at radius 1 is 0.968 bits per heavy atom. The van der Waals surface area contributed by atoms with Crippen LogP contribution in [0, 0.1) is 13.8 Å². The van der Waals surface area contributed by atoms with E-state index in [4.69, 9.17) is 14.2 Å². The van der Waals surface area contributed by atoms with Gasteiger partial charge in [-0.3, -0.25) is 9.59 Å². The van der Waals surface area contributed by atoms with Gasteiger partial charge < -0.3 is 14.2 Å². The summed E-state index contributed by atoms with van der Waals surface area (Å²) in [5.74, 6) is 1.61. The fourth-order valence-corrected chi connectivity index (χ4v) is 3.34. The number of methoxy groups -OCH3 is 1. The summed E-state index contributed by atoms with van der Waals surface area (Å²) in [6.07, 6.45) is 1.73. The Morgan fingerprint density at radius 3 is 2.35 bits per heavy atom. The summed E-state index contributed by atoms with van der Waals surface area (Å²) in [5.41, 5.74) is 3.74. The quantitative estimate of drug-likeness (QED) is 0.410. The molecule has 0 radical (unpaired) electrons. The topological polar surface area (TPSA) is 61.8 Å². The highest BCUT2D eigenvalue weighted by molar-refractivity contribution is 6.15. The molecule has 3 aromatic carbocycles. The number of carbonyl (C=O) groups is 2. The van der Waals surface area contributed by atoms with Gasteiger partial charge in [-0.2, -0.15) is 0 Å². The Labute approximate surface area is 180 Å². The van der Waals surface area contributed by atoms with Crippen molar-refractivity contribution < 1.29 is 23.8 Å². The van der Waals surface area contributed by atoms with E-state index in [9.17, 15) is 9.59 Å². The largest absolute Gasteiger partial charge is 0.497 e. The first-order valence-electron chi connectivity index (χ1n) is 9.91. The van der Waals surface area contributed by atoms with Gasteiger partial charge in [0.2, 0.25) is 5.78 Å². The molecule has 1 aliphatic heterocycles. The van der Waals surface area contributed by atoms with E-state index in [1.54, 1.807) is 49.6 Å². The fourth-order valence-electron chi connectivity index (χ4n) is 3.34. The average Bonchev–Trinajstić information content (AvgIpc) is 3.11. The molecule has 31 heavy (non-hydrogen) atoms. The zero-order valence-corrected chi connectivity index (χ0v) is 17.6. The van der Waals surface area contributed by atoms with Gasteiger partial charge in [0.25, 0.3) is 0 Å². The number of aryl methyl sites for hydroxylation is 1. The summed E-state index contributed by atoms with van der Waals surface area (Å²) in [5, 5.41) is 0. The highest BCUT2D eigenvalue weighted by atomic mass is 16.5. The normalized spacial score (nSPS) is 13.6. The van der Waals surface area contributed by atoms with Crippen molar-refractivity contribution >= 4 is 17.6 Å². The predicted octanol–water partition coefficient (Wildman–Crippen LogP) is 5.19. The Morgan fingerprint density at radius 2 is 1.68 bits per heavy atom. The van der Waals surface area contributed by atoms with Gasteiger partial charge in [-0.1, -0.05) is 29.8 Å². The molecule has 5 nitrogen and oxygen atoms in total. The van der Waals surface area contributed by atoms with Crippen LogP contribution in [0.5, 0.6) is 17.2 Å². The number of hydrogen-bond acceptors (Lipinski definition) is 5. The van der Waals surface area contributed by atoms with E-state index < -0.39 is 0 Å². The molecule has 0 saturated carbocycles. The van der Waals surface area contributed by atoms with Crippen LogP contribution in [0.25, 0.3) is 6.08 Å². The van der Waals surface area contributed by atoms with Gasteiger partial charge in [-0.15, -0.1) is 0 Å². The third-order valence-electron chi connectivity index (χ3n) is 5.18. The van der Waals surface area contributed by atoms with Gasteiger partial charge in [0.15, 0.2) is 18.1 Å². The average molecular weight is 414 g/mol. The standard InChI is InChI=1S/C26H22O5/c1-16-4-6-18(7-5-16)14-24-25(28)21-12-13-23(17(2)26(21)31-24)30-15-22(27)19-8-10-20(29-3)11-9-19/h4-14H,15H2,1-3H3/b24-14-. The van der Waals surface area contributed by atoms with Gasteiger partial charge in [0, 0.05) is 11.1 Å². The summed E-state index contributed by atoms with van der Waals surface area (Å²) >= 11 is 0. The lowest BCUT2D eigenvalue weighted by molar-refractivity contribution is 0.0920. The second kappa shape index (κ2) is 8.48. The van der Waals surface area contributed by atoms with Gasteiger partial charge >= 0.3 is 0 Å². The van der Waals surface area contributed by atoms with Crippen LogP contribution >= 0.6 is 0 Å². The maximum absolute atomic E-state index is 12.7. The summed E-state index contributed by atoms with van der Waals surface area (Å²) in [6.45, 7) is 3.70. The van der Waals surface area contributed by atoms with Gasteiger partial charge in [0.05, 0.1) is 12.7 Å². The first-order valence-corrected chi connectivity index (χ1v) is 9.91. The van der Waals surface area contributed by atoms with Crippen molar-refractivity contribution in [2.75, 3.05) is 13.7 Å². The lowest BCUT2D eigenvalue weighted by Crippen LogP contribution is -2.12. The molecule has 0 saturated heterocycles. The maximum Gasteiger partial charge on any atom is 0.231 e. The van der Waals surface area contributed by atoms with Gasteiger partial charge in [-0.05, 0) is 61.9 Å². The van der Waals surface area contributed by atoms with Crippen molar-refractivity contribution in [2.24, 2.45) is 0 Å². The number of ether oxygens (including phenoxy) is 3. The molecule has 0 bridgehead atoms. The van der Waals surface area contributed by atoms with Crippen LogP contribution in [-0.2, 0) is 0 Å². The fraction of sp³-hybridized carbons (Fsp3) is 0.154. The van der Waals surface area contributed by atoms with Crippen molar-refractivity contribution in [2.45, 2.75) is 13.8 Å². The maximum atomic E-state index is 12.7. The van der Waals surface area contributed by atoms with Crippen LogP contribution < -0.4 is 14.2 Å². The molecule has 5 heteroatoms. The third kappa shape index (κ3) is 4.21. The molecule has 0 aromatic heterocycles. The van der Waals surface area contributed by atoms with E-state index in [0.717, 1.165) is 11.1 Å². The van der Waals surface area contributed by atoms with Crippen molar-refractivity contribution in [1.82, 2.24) is 0 Å². The predicted molar refractivity (Wildman–Crippen MR) is 118 cm³/mol. The van der Waals surface area contributed by atoms with E-state index in [1.807, 2.05) is 38.1 Å². The highest BCUT2D eigenvalue weighted by Crippen LogP contribution is 2.39. The Balaban J connectivity index is 1.50. The molecule has 4 rings (SSSR count). The zero-order valence-electron chi connectivity index (χ0n) is 17.6. The summed E-state index contributed by atoms with van der Waals surface area (Å²) in [6, 6.07) is 18.1. The van der Waals surface area contributed by atoms with Crippen molar-refractivity contribution in [3.8, 4) is 17.2 Å². The van der Waals surface area contributed by atoms with Crippen LogP contribution in [0.4, 0.5) is 0 Å². The monoisotopic (exact) mass is 414 g/mol. The molecule has 1 aliphatic rings. The number of carbonyl (C=O) groups excluding carboxylic acids is 2. The third-order valence-corrected chi connectivity index (χ3v) is 5.18. The van der Waals surface area contributed by atoms with Gasteiger partial charge in [0.1, 0.15) is 17.2 Å². The molecule has 1 heterocycles. The number of Topliss-reactive ketones (excluding diaryl/α,β-unsaturated/α-hetero) is 2. The first kappa shape index (κ1) is 20.4. The minimum atomic E-state index is -0.167. The molecular weight excluding hydrogens is 392 g/mol. The molecular formula is C26H22O5. The number of ketones is 2. The minimum absolute atomic E-state index is 0.119. The highest BCUT2D eigenvalue weighted by Gasteiger charge is 2.30. The van der Waals surface area contributed by atoms with Crippen molar-refractivity contribution in [1.29, 1.82) is 0 Å². The summed E-state index contributed by atoms with van der Waals surface area (Å²) in [4.78, 5) is 25.2. The van der Waals surface area contributed by atoms with Crippen LogP contribution in [-0.4, -0.2) is 25.3 Å². The van der Waals surface area contributed by atoms with E-state index >= 15 is 0 Å². The summed E-state index contributed by atoms with van der Waals surface area (Å²) in [7, 11) is 1.57. The molecule has 0 N–H and O–H groups in total. The molecule has 0 atom stereocenters.